The second-order valence-electron chi connectivity index (χ2n) is 3.80. The van der Waals surface area contributed by atoms with Crippen LogP contribution in [0.25, 0.3) is 0 Å². The number of hydrogen-bond donors (Lipinski definition) is 3. The van der Waals surface area contributed by atoms with Crippen LogP contribution in [0.2, 0.25) is 0 Å². The van der Waals surface area contributed by atoms with Crippen molar-refractivity contribution in [3.8, 4) is 0 Å². The zero-order chi connectivity index (χ0) is 13.0. The molecule has 1 aromatic rings. The summed E-state index contributed by atoms with van der Waals surface area (Å²) in [6, 6.07) is -1.42. The average molecular weight is 240 g/mol. The van der Waals surface area contributed by atoms with Crippen LogP contribution in [0.15, 0.2) is 6.20 Å². The van der Waals surface area contributed by atoms with Gasteiger partial charge in [-0.1, -0.05) is 0 Å². The van der Waals surface area contributed by atoms with E-state index in [4.69, 9.17) is 5.11 Å². The number of carboxylic acids is 1. The molecule has 0 aromatic carbocycles. The van der Waals surface area contributed by atoms with E-state index in [0.29, 0.717) is 6.54 Å². The maximum absolute atomic E-state index is 11.3. The molecule has 0 unspecified atom stereocenters. The summed E-state index contributed by atoms with van der Waals surface area (Å²) >= 11 is 0. The molecule has 17 heavy (non-hydrogen) atoms. The van der Waals surface area contributed by atoms with Crippen molar-refractivity contribution in [3.63, 3.8) is 0 Å². The van der Waals surface area contributed by atoms with E-state index in [9.17, 15) is 9.59 Å². The van der Waals surface area contributed by atoms with E-state index in [-0.39, 0.29) is 0 Å². The quantitative estimate of drug-likeness (QED) is 0.690. The minimum absolute atomic E-state index is 0.317. The first-order chi connectivity index (χ1) is 7.90. The number of rotatable bonds is 4. The number of urea groups is 1. The molecule has 7 nitrogen and oxygen atoms in total. The van der Waals surface area contributed by atoms with Crippen LogP contribution in [0.3, 0.4) is 0 Å². The molecule has 1 heterocycles. The van der Waals surface area contributed by atoms with Crippen LogP contribution in [0, 0.1) is 6.92 Å². The highest BCUT2D eigenvalue weighted by atomic mass is 16.4. The molecule has 0 radical (unpaired) electrons. The Morgan fingerprint density at radius 2 is 2.24 bits per heavy atom. The van der Waals surface area contributed by atoms with Crippen molar-refractivity contribution in [2.45, 2.75) is 26.4 Å². The zero-order valence-corrected chi connectivity index (χ0v) is 10.0. The molecular formula is C10H16N4O3. The van der Waals surface area contributed by atoms with Crippen LogP contribution in [0.1, 0.15) is 18.2 Å². The molecule has 0 spiro atoms. The molecule has 0 aliphatic carbocycles. The molecule has 0 saturated heterocycles. The highest BCUT2D eigenvalue weighted by molar-refractivity contribution is 5.82. The normalized spacial score (nSPS) is 11.9. The molecule has 0 aliphatic heterocycles. The van der Waals surface area contributed by atoms with Gasteiger partial charge in [-0.25, -0.2) is 4.79 Å². The highest BCUT2D eigenvalue weighted by Gasteiger charge is 2.13. The van der Waals surface area contributed by atoms with Gasteiger partial charge in [-0.3, -0.25) is 9.48 Å². The Hall–Kier alpha value is -2.05. The third-order valence-corrected chi connectivity index (χ3v) is 2.27. The van der Waals surface area contributed by atoms with Gasteiger partial charge in [0, 0.05) is 25.4 Å². The Morgan fingerprint density at radius 3 is 2.71 bits per heavy atom. The predicted octanol–water partition coefficient (Wildman–Crippen LogP) is 0.000820. The van der Waals surface area contributed by atoms with Gasteiger partial charge in [-0.2, -0.15) is 5.10 Å². The van der Waals surface area contributed by atoms with E-state index in [1.54, 1.807) is 17.9 Å². The summed E-state index contributed by atoms with van der Waals surface area (Å²) in [5.74, 6) is -1.07. The van der Waals surface area contributed by atoms with Crippen molar-refractivity contribution in [2.24, 2.45) is 7.05 Å². The van der Waals surface area contributed by atoms with E-state index >= 15 is 0 Å². The van der Waals surface area contributed by atoms with Gasteiger partial charge in [0.2, 0.25) is 0 Å². The van der Waals surface area contributed by atoms with Gasteiger partial charge in [0.25, 0.3) is 0 Å². The summed E-state index contributed by atoms with van der Waals surface area (Å²) in [7, 11) is 1.79. The molecule has 1 rings (SSSR count). The van der Waals surface area contributed by atoms with E-state index in [0.717, 1.165) is 11.3 Å². The average Bonchev–Trinajstić information content (AvgIpc) is 2.54. The van der Waals surface area contributed by atoms with Crippen LogP contribution >= 0.6 is 0 Å². The lowest BCUT2D eigenvalue weighted by Gasteiger charge is -2.10. The fourth-order valence-electron chi connectivity index (χ4n) is 1.31. The molecule has 2 amide bonds. The number of carbonyl (C=O) groups excluding carboxylic acids is 1. The minimum atomic E-state index is -1.07. The first-order valence-corrected chi connectivity index (χ1v) is 5.16. The second-order valence-corrected chi connectivity index (χ2v) is 3.80. The van der Waals surface area contributed by atoms with Gasteiger partial charge < -0.3 is 15.7 Å². The lowest BCUT2D eigenvalue weighted by Crippen LogP contribution is -2.44. The van der Waals surface area contributed by atoms with Crippen LogP contribution in [0.4, 0.5) is 4.79 Å². The summed E-state index contributed by atoms with van der Waals surface area (Å²) in [5.41, 5.74) is 1.73. The van der Waals surface area contributed by atoms with Crippen molar-refractivity contribution in [2.75, 3.05) is 0 Å². The first kappa shape index (κ1) is 13.0. The number of amides is 2. The Labute approximate surface area is 98.8 Å². The minimum Gasteiger partial charge on any atom is -0.480 e. The van der Waals surface area contributed by atoms with Crippen LogP contribution < -0.4 is 10.6 Å². The Balaban J connectivity index is 2.43. The number of carbonyl (C=O) groups is 2. The highest BCUT2D eigenvalue weighted by Crippen LogP contribution is 2.03. The van der Waals surface area contributed by atoms with Crippen molar-refractivity contribution in [3.05, 3.63) is 17.5 Å². The summed E-state index contributed by atoms with van der Waals surface area (Å²) in [4.78, 5) is 21.8. The Kier molecular flexibility index (Phi) is 4.08. The topological polar surface area (TPSA) is 96.3 Å². The van der Waals surface area contributed by atoms with Gasteiger partial charge >= 0.3 is 12.0 Å². The maximum Gasteiger partial charge on any atom is 0.325 e. The van der Waals surface area contributed by atoms with Gasteiger partial charge in [0.05, 0.1) is 5.69 Å². The molecule has 7 heteroatoms. The van der Waals surface area contributed by atoms with E-state index in [2.05, 4.69) is 15.7 Å². The summed E-state index contributed by atoms with van der Waals surface area (Å²) in [6.07, 6.45) is 1.80. The fraction of sp³-hybridized carbons (Fsp3) is 0.500. The third-order valence-electron chi connectivity index (χ3n) is 2.27. The molecule has 3 N–H and O–H groups in total. The molecule has 94 valence electrons. The number of nitrogens with zero attached hydrogens (tertiary/aromatic N) is 2. The monoisotopic (exact) mass is 240 g/mol. The molecule has 1 atom stereocenters. The van der Waals surface area contributed by atoms with Crippen molar-refractivity contribution < 1.29 is 14.7 Å². The molecule has 0 aliphatic rings. The molecule has 0 fully saturated rings. The van der Waals surface area contributed by atoms with E-state index in [1.165, 1.54) is 6.92 Å². The molecule has 1 aromatic heterocycles. The number of carboxylic acid groups (broad SMARTS) is 1. The van der Waals surface area contributed by atoms with Gasteiger partial charge in [0.1, 0.15) is 6.04 Å². The predicted molar refractivity (Wildman–Crippen MR) is 60.4 cm³/mol. The largest absolute Gasteiger partial charge is 0.480 e. The fourth-order valence-corrected chi connectivity index (χ4v) is 1.31. The molecular weight excluding hydrogens is 224 g/mol. The summed E-state index contributed by atoms with van der Waals surface area (Å²) in [5, 5.41) is 17.6. The Bertz CT molecular complexity index is 427. The van der Waals surface area contributed by atoms with E-state index < -0.39 is 18.0 Å². The number of nitrogens with one attached hydrogen (secondary N) is 2. The van der Waals surface area contributed by atoms with Crippen molar-refractivity contribution in [1.29, 1.82) is 0 Å². The summed E-state index contributed by atoms with van der Waals surface area (Å²) < 4.78 is 1.66. The lowest BCUT2D eigenvalue weighted by atomic mass is 10.3. The molecule has 0 bridgehead atoms. The van der Waals surface area contributed by atoms with Crippen molar-refractivity contribution in [1.82, 2.24) is 20.4 Å². The van der Waals surface area contributed by atoms with Crippen LogP contribution in [-0.2, 0) is 18.4 Å². The zero-order valence-electron chi connectivity index (χ0n) is 10.0. The summed E-state index contributed by atoms with van der Waals surface area (Å²) in [6.45, 7) is 3.56. The smallest absolute Gasteiger partial charge is 0.325 e. The van der Waals surface area contributed by atoms with Gasteiger partial charge in [0.15, 0.2) is 0 Å². The first-order valence-electron chi connectivity index (χ1n) is 5.16. The number of aromatic nitrogens is 2. The maximum atomic E-state index is 11.3. The van der Waals surface area contributed by atoms with E-state index in [1.807, 2.05) is 6.92 Å². The van der Waals surface area contributed by atoms with Crippen LogP contribution in [-0.4, -0.2) is 32.9 Å². The molecule has 0 saturated carbocycles. The third kappa shape index (κ3) is 3.78. The SMILES string of the molecule is Cc1nn(C)cc1CNC(=O)N[C@@H](C)C(=O)O. The number of aliphatic carboxylic acids is 1. The van der Waals surface area contributed by atoms with Gasteiger partial charge in [-0.05, 0) is 13.8 Å². The number of aryl methyl sites for hydroxylation is 2. The second kappa shape index (κ2) is 5.33. The van der Waals surface area contributed by atoms with Gasteiger partial charge in [-0.15, -0.1) is 0 Å². The van der Waals surface area contributed by atoms with Crippen LogP contribution in [0.5, 0.6) is 0 Å². The Morgan fingerprint density at radius 1 is 1.59 bits per heavy atom. The van der Waals surface area contributed by atoms with Crippen molar-refractivity contribution >= 4 is 12.0 Å². The number of hydrogen-bond acceptors (Lipinski definition) is 3. The standard InChI is InChI=1S/C10H16N4O3/c1-6-8(5-14(3)13-6)4-11-10(17)12-7(2)9(15)16/h5,7H,4H2,1-3H3,(H,15,16)(H2,11,12,17)/t7-/m0/s1. The lowest BCUT2D eigenvalue weighted by molar-refractivity contribution is -0.138.